The van der Waals surface area contributed by atoms with Crippen LogP contribution in [0.5, 0.6) is 5.75 Å². The first-order chi connectivity index (χ1) is 16.8. The Bertz CT molecular complexity index is 1410. The summed E-state index contributed by atoms with van der Waals surface area (Å²) in [5, 5.41) is 6.41. The van der Waals surface area contributed by atoms with Gasteiger partial charge in [0.15, 0.2) is 0 Å². The summed E-state index contributed by atoms with van der Waals surface area (Å²) in [7, 11) is -3.72. The number of ether oxygens (including phenoxy) is 1. The lowest BCUT2D eigenvalue weighted by atomic mass is 10.3. The third-order valence-corrected chi connectivity index (χ3v) is 6.26. The van der Waals surface area contributed by atoms with E-state index in [1.165, 1.54) is 12.1 Å². The van der Waals surface area contributed by atoms with Crippen molar-refractivity contribution in [3.05, 3.63) is 84.3 Å². The molecule has 0 unspecified atom stereocenters. The van der Waals surface area contributed by atoms with Gasteiger partial charge in [0.2, 0.25) is 0 Å². The first-order valence-electron chi connectivity index (χ1n) is 11.0. The van der Waals surface area contributed by atoms with Crippen molar-refractivity contribution in [3.63, 3.8) is 0 Å². The zero-order valence-electron chi connectivity index (χ0n) is 19.6. The molecule has 0 amide bonds. The van der Waals surface area contributed by atoms with Crippen molar-refractivity contribution >= 4 is 38.9 Å². The maximum atomic E-state index is 12.7. The van der Waals surface area contributed by atoms with E-state index in [4.69, 9.17) is 4.74 Å². The standard InChI is InChI=1S/C25H26N6O3S/c1-4-34-21-9-11-22(12-10-21)35(32,33)31-20-7-5-19(6-8-20)29-24-16-25(28-18(3)27-24)30-23-15-17(2)13-14-26-23/h5-16,31H,4H2,1-3H3,(H2,26,27,28,29,30). The van der Waals surface area contributed by atoms with Gasteiger partial charge in [-0.05, 0) is 87.0 Å². The zero-order valence-corrected chi connectivity index (χ0v) is 20.4. The number of nitrogens with zero attached hydrogens (tertiary/aromatic N) is 3. The fourth-order valence-corrected chi connectivity index (χ4v) is 4.36. The monoisotopic (exact) mass is 490 g/mol. The highest BCUT2D eigenvalue weighted by atomic mass is 32.2. The minimum absolute atomic E-state index is 0.155. The minimum Gasteiger partial charge on any atom is -0.494 e. The van der Waals surface area contributed by atoms with Crippen LogP contribution in [0, 0.1) is 13.8 Å². The topological polar surface area (TPSA) is 118 Å². The van der Waals surface area contributed by atoms with Crippen LogP contribution >= 0.6 is 0 Å². The van der Waals surface area contributed by atoms with Crippen LogP contribution in [0.1, 0.15) is 18.3 Å². The molecule has 4 aromatic rings. The molecule has 10 heteroatoms. The van der Waals surface area contributed by atoms with Crippen LogP contribution in [0.3, 0.4) is 0 Å². The molecule has 180 valence electrons. The average molecular weight is 491 g/mol. The lowest BCUT2D eigenvalue weighted by molar-refractivity contribution is 0.340. The highest BCUT2D eigenvalue weighted by Gasteiger charge is 2.14. The molecule has 0 aliphatic rings. The largest absolute Gasteiger partial charge is 0.494 e. The van der Waals surface area contributed by atoms with Crippen LogP contribution in [0.2, 0.25) is 0 Å². The van der Waals surface area contributed by atoms with Gasteiger partial charge in [0.25, 0.3) is 10.0 Å². The van der Waals surface area contributed by atoms with Crippen LogP contribution < -0.4 is 20.1 Å². The van der Waals surface area contributed by atoms with Crippen molar-refractivity contribution in [2.24, 2.45) is 0 Å². The van der Waals surface area contributed by atoms with E-state index in [2.05, 4.69) is 30.3 Å². The highest BCUT2D eigenvalue weighted by Crippen LogP contribution is 2.23. The van der Waals surface area contributed by atoms with Crippen LogP contribution in [-0.2, 0) is 10.0 Å². The molecule has 9 nitrogen and oxygen atoms in total. The number of aromatic nitrogens is 3. The van der Waals surface area contributed by atoms with Crippen molar-refractivity contribution in [3.8, 4) is 5.75 Å². The molecule has 0 radical (unpaired) electrons. The Balaban J connectivity index is 1.44. The molecule has 0 saturated carbocycles. The smallest absolute Gasteiger partial charge is 0.261 e. The van der Waals surface area contributed by atoms with Gasteiger partial charge in [-0.3, -0.25) is 4.72 Å². The molecule has 0 fully saturated rings. The minimum atomic E-state index is -3.72. The fourth-order valence-electron chi connectivity index (χ4n) is 3.30. The van der Waals surface area contributed by atoms with Gasteiger partial charge in [-0.2, -0.15) is 0 Å². The second-order valence-corrected chi connectivity index (χ2v) is 9.42. The first-order valence-corrected chi connectivity index (χ1v) is 12.5. The van der Waals surface area contributed by atoms with E-state index < -0.39 is 10.0 Å². The van der Waals surface area contributed by atoms with Gasteiger partial charge in [0.05, 0.1) is 11.5 Å². The molecule has 3 N–H and O–H groups in total. The molecular formula is C25H26N6O3S. The van der Waals surface area contributed by atoms with Gasteiger partial charge in [-0.1, -0.05) is 0 Å². The molecule has 0 aliphatic carbocycles. The number of anilines is 5. The van der Waals surface area contributed by atoms with Crippen LogP contribution in [-0.4, -0.2) is 30.0 Å². The van der Waals surface area contributed by atoms with Crippen LogP contribution in [0.4, 0.5) is 28.8 Å². The Labute approximate surface area is 204 Å². The maximum Gasteiger partial charge on any atom is 0.261 e. The van der Waals surface area contributed by atoms with Gasteiger partial charge in [-0.15, -0.1) is 0 Å². The van der Waals surface area contributed by atoms with Crippen molar-refractivity contribution in [1.82, 2.24) is 15.0 Å². The van der Waals surface area contributed by atoms with Gasteiger partial charge >= 0.3 is 0 Å². The molecule has 0 atom stereocenters. The zero-order chi connectivity index (χ0) is 24.8. The highest BCUT2D eigenvalue weighted by molar-refractivity contribution is 7.92. The number of rotatable bonds is 9. The van der Waals surface area contributed by atoms with Gasteiger partial charge in [-0.25, -0.2) is 23.4 Å². The summed E-state index contributed by atoms with van der Waals surface area (Å²) in [6.45, 7) is 6.18. The van der Waals surface area contributed by atoms with Crippen molar-refractivity contribution < 1.29 is 13.2 Å². The number of aryl methyl sites for hydroxylation is 2. The number of hydrogen-bond donors (Lipinski definition) is 3. The Kier molecular flexibility index (Phi) is 7.11. The van der Waals surface area contributed by atoms with E-state index in [9.17, 15) is 8.42 Å². The third-order valence-electron chi connectivity index (χ3n) is 4.86. The Morgan fingerprint density at radius 3 is 2.11 bits per heavy atom. The normalized spacial score (nSPS) is 11.1. The SMILES string of the molecule is CCOc1ccc(S(=O)(=O)Nc2ccc(Nc3cc(Nc4cc(C)ccn4)nc(C)n3)cc2)cc1. The third kappa shape index (κ3) is 6.45. The number of hydrogen-bond acceptors (Lipinski definition) is 8. The summed E-state index contributed by atoms with van der Waals surface area (Å²) in [6.07, 6.45) is 1.73. The van der Waals surface area contributed by atoms with Crippen molar-refractivity contribution in [2.45, 2.75) is 25.7 Å². The average Bonchev–Trinajstić information content (AvgIpc) is 2.80. The van der Waals surface area contributed by atoms with Gasteiger partial charge < -0.3 is 15.4 Å². The summed E-state index contributed by atoms with van der Waals surface area (Å²) in [5.41, 5.74) is 2.27. The molecule has 0 aliphatic heterocycles. The summed E-state index contributed by atoms with van der Waals surface area (Å²) in [5.74, 6) is 3.10. The van der Waals surface area contributed by atoms with E-state index in [0.29, 0.717) is 41.3 Å². The molecule has 0 bridgehead atoms. The Hall–Kier alpha value is -4.18. The summed E-state index contributed by atoms with van der Waals surface area (Å²) in [6, 6.07) is 18.8. The van der Waals surface area contributed by atoms with E-state index in [-0.39, 0.29) is 4.90 Å². The fraction of sp³-hybridized carbons (Fsp3) is 0.160. The predicted octanol–water partition coefficient (Wildman–Crippen LogP) is 5.18. The number of sulfonamides is 1. The second kappa shape index (κ2) is 10.4. The Morgan fingerprint density at radius 2 is 1.46 bits per heavy atom. The second-order valence-electron chi connectivity index (χ2n) is 7.74. The predicted molar refractivity (Wildman–Crippen MR) is 137 cm³/mol. The lowest BCUT2D eigenvalue weighted by Gasteiger charge is -2.12. The molecule has 2 aromatic carbocycles. The molecule has 0 spiro atoms. The van der Waals surface area contributed by atoms with E-state index >= 15 is 0 Å². The number of benzene rings is 2. The lowest BCUT2D eigenvalue weighted by Crippen LogP contribution is -2.12. The molecule has 0 saturated heterocycles. The number of nitrogens with one attached hydrogen (secondary N) is 3. The molecule has 2 heterocycles. The van der Waals surface area contributed by atoms with Crippen molar-refractivity contribution in [2.75, 3.05) is 22.0 Å². The van der Waals surface area contributed by atoms with Crippen LogP contribution in [0.15, 0.2) is 77.8 Å². The van der Waals surface area contributed by atoms with Crippen molar-refractivity contribution in [1.29, 1.82) is 0 Å². The molecule has 4 rings (SSSR count). The quantitative estimate of drug-likeness (QED) is 0.294. The summed E-state index contributed by atoms with van der Waals surface area (Å²) >= 11 is 0. The molecule has 35 heavy (non-hydrogen) atoms. The number of pyridine rings is 1. The van der Waals surface area contributed by atoms with Gasteiger partial charge in [0.1, 0.15) is 29.0 Å². The Morgan fingerprint density at radius 1 is 0.800 bits per heavy atom. The summed E-state index contributed by atoms with van der Waals surface area (Å²) in [4.78, 5) is 13.3. The molecule has 2 aromatic heterocycles. The van der Waals surface area contributed by atoms with E-state index in [1.54, 1.807) is 55.6 Å². The van der Waals surface area contributed by atoms with E-state index in [1.807, 2.05) is 26.0 Å². The maximum absolute atomic E-state index is 12.7. The summed E-state index contributed by atoms with van der Waals surface area (Å²) < 4.78 is 33.3. The van der Waals surface area contributed by atoms with E-state index in [0.717, 1.165) is 11.3 Å². The first kappa shape index (κ1) is 24.0. The van der Waals surface area contributed by atoms with Gasteiger partial charge in [0, 0.05) is 23.6 Å². The van der Waals surface area contributed by atoms with Crippen LogP contribution in [0.25, 0.3) is 0 Å². The molecular weight excluding hydrogens is 464 g/mol.